The summed E-state index contributed by atoms with van der Waals surface area (Å²) in [6.07, 6.45) is 5.32. The van der Waals surface area contributed by atoms with Crippen LogP contribution in [0.4, 0.5) is 5.69 Å². The van der Waals surface area contributed by atoms with Gasteiger partial charge in [-0.2, -0.15) is 5.26 Å². The maximum atomic E-state index is 9.16. The summed E-state index contributed by atoms with van der Waals surface area (Å²) in [5.41, 5.74) is 5.89. The first-order valence-corrected chi connectivity index (χ1v) is 7.42. The molecular formula is C19H21N3O. The Kier molecular flexibility index (Phi) is 5.61. The molecule has 1 aliphatic rings. The highest BCUT2D eigenvalue weighted by molar-refractivity contribution is 5.89. The molecule has 3 rings (SSSR count). The van der Waals surface area contributed by atoms with E-state index >= 15 is 0 Å². The van der Waals surface area contributed by atoms with Gasteiger partial charge in [0.15, 0.2) is 0 Å². The highest BCUT2D eigenvalue weighted by Gasteiger charge is 2.13. The molecule has 0 fully saturated rings. The SMILES string of the molecule is C.N#Cc1ccc2c(c1)CCC(CCc1cc(CO)ccn1)=N2. The molecule has 2 aromatic rings. The molecular weight excluding hydrogens is 286 g/mol. The second kappa shape index (κ2) is 7.66. The van der Waals surface area contributed by atoms with Gasteiger partial charge in [0.1, 0.15) is 0 Å². The third kappa shape index (κ3) is 4.02. The minimum absolute atomic E-state index is 0. The Labute approximate surface area is 137 Å². The standard InChI is InChI=1S/C18H17N3O.CH4/c19-11-13-1-6-18-15(9-13)2-3-16(21-18)4-5-17-10-14(12-22)7-8-20-17;/h1,6-10,22H,2-5,12H2;1H4. The zero-order valence-corrected chi connectivity index (χ0v) is 12.3. The van der Waals surface area contributed by atoms with Gasteiger partial charge in [-0.15, -0.1) is 0 Å². The predicted octanol–water partition coefficient (Wildman–Crippen LogP) is 3.73. The number of rotatable bonds is 4. The van der Waals surface area contributed by atoms with Crippen LogP contribution in [0.15, 0.2) is 41.5 Å². The summed E-state index contributed by atoms with van der Waals surface area (Å²) >= 11 is 0. The maximum absolute atomic E-state index is 9.16. The molecule has 118 valence electrons. The molecule has 4 heteroatoms. The fraction of sp³-hybridized carbons (Fsp3) is 0.316. The quantitative estimate of drug-likeness (QED) is 0.935. The monoisotopic (exact) mass is 307 g/mol. The Morgan fingerprint density at radius 1 is 1.13 bits per heavy atom. The molecule has 0 amide bonds. The van der Waals surface area contributed by atoms with Crippen molar-refractivity contribution in [3.63, 3.8) is 0 Å². The highest BCUT2D eigenvalue weighted by atomic mass is 16.3. The fourth-order valence-electron chi connectivity index (χ4n) is 2.69. The van der Waals surface area contributed by atoms with Crippen LogP contribution < -0.4 is 0 Å². The minimum atomic E-state index is 0. The number of aryl methyl sites for hydroxylation is 2. The van der Waals surface area contributed by atoms with Crippen molar-refractivity contribution in [2.75, 3.05) is 0 Å². The van der Waals surface area contributed by atoms with E-state index in [9.17, 15) is 0 Å². The summed E-state index contributed by atoms with van der Waals surface area (Å²) in [7, 11) is 0. The smallest absolute Gasteiger partial charge is 0.0991 e. The van der Waals surface area contributed by atoms with E-state index in [0.29, 0.717) is 5.56 Å². The lowest BCUT2D eigenvalue weighted by molar-refractivity contribution is 0.281. The van der Waals surface area contributed by atoms with Gasteiger partial charge in [-0.25, -0.2) is 0 Å². The van der Waals surface area contributed by atoms with Crippen LogP contribution in [0.25, 0.3) is 0 Å². The molecule has 2 heterocycles. The summed E-state index contributed by atoms with van der Waals surface area (Å²) in [6.45, 7) is 0.0467. The van der Waals surface area contributed by atoms with E-state index in [1.807, 2.05) is 30.3 Å². The molecule has 4 nitrogen and oxygen atoms in total. The molecule has 0 aliphatic carbocycles. The van der Waals surface area contributed by atoms with Crippen LogP contribution in [0.1, 0.15) is 42.7 Å². The number of benzene rings is 1. The second-order valence-electron chi connectivity index (χ2n) is 5.45. The van der Waals surface area contributed by atoms with Gasteiger partial charge in [-0.1, -0.05) is 7.43 Å². The summed E-state index contributed by atoms with van der Waals surface area (Å²) in [6, 6.07) is 11.6. The van der Waals surface area contributed by atoms with Gasteiger partial charge in [0, 0.05) is 17.6 Å². The van der Waals surface area contributed by atoms with E-state index in [2.05, 4.69) is 11.1 Å². The van der Waals surface area contributed by atoms with Crippen LogP contribution in [0, 0.1) is 11.3 Å². The van der Waals surface area contributed by atoms with Crippen molar-refractivity contribution in [1.29, 1.82) is 5.26 Å². The number of aliphatic imine (C=N–C) groups is 1. The number of aromatic nitrogens is 1. The van der Waals surface area contributed by atoms with E-state index in [0.717, 1.165) is 48.2 Å². The molecule has 0 spiro atoms. The lowest BCUT2D eigenvalue weighted by Crippen LogP contribution is -2.08. The number of aliphatic hydroxyl groups excluding tert-OH is 1. The van der Waals surface area contributed by atoms with Crippen LogP contribution in [-0.4, -0.2) is 15.8 Å². The Morgan fingerprint density at radius 3 is 2.78 bits per heavy atom. The van der Waals surface area contributed by atoms with Gasteiger partial charge in [0.05, 0.1) is 23.9 Å². The average Bonchev–Trinajstić information content (AvgIpc) is 2.59. The lowest BCUT2D eigenvalue weighted by Gasteiger charge is -2.15. The Hall–Kier alpha value is -2.51. The molecule has 0 bridgehead atoms. The fourth-order valence-corrected chi connectivity index (χ4v) is 2.69. The highest BCUT2D eigenvalue weighted by Crippen LogP contribution is 2.27. The van der Waals surface area contributed by atoms with E-state index < -0.39 is 0 Å². The predicted molar refractivity (Wildman–Crippen MR) is 91.8 cm³/mol. The van der Waals surface area contributed by atoms with Crippen molar-refractivity contribution in [2.24, 2.45) is 4.99 Å². The Balaban J connectivity index is 0.00000192. The van der Waals surface area contributed by atoms with Crippen LogP contribution >= 0.6 is 0 Å². The minimum Gasteiger partial charge on any atom is -0.392 e. The molecule has 0 unspecified atom stereocenters. The van der Waals surface area contributed by atoms with Gasteiger partial charge in [-0.3, -0.25) is 9.98 Å². The zero-order chi connectivity index (χ0) is 15.4. The average molecular weight is 307 g/mol. The van der Waals surface area contributed by atoms with Crippen molar-refractivity contribution in [2.45, 2.75) is 39.7 Å². The van der Waals surface area contributed by atoms with Gasteiger partial charge >= 0.3 is 0 Å². The molecule has 0 saturated heterocycles. The molecule has 1 aromatic carbocycles. The first-order chi connectivity index (χ1) is 10.8. The second-order valence-corrected chi connectivity index (χ2v) is 5.45. The molecule has 0 atom stereocenters. The summed E-state index contributed by atoms with van der Waals surface area (Å²) in [5.74, 6) is 0. The van der Waals surface area contributed by atoms with E-state index in [1.54, 1.807) is 6.20 Å². The van der Waals surface area contributed by atoms with E-state index in [1.165, 1.54) is 5.71 Å². The summed E-state index contributed by atoms with van der Waals surface area (Å²) in [5, 5.41) is 18.1. The largest absolute Gasteiger partial charge is 0.392 e. The van der Waals surface area contributed by atoms with Crippen LogP contribution in [0.5, 0.6) is 0 Å². The Morgan fingerprint density at radius 2 is 2.00 bits per heavy atom. The number of hydrogen-bond acceptors (Lipinski definition) is 4. The third-order valence-electron chi connectivity index (χ3n) is 3.90. The first-order valence-electron chi connectivity index (χ1n) is 7.42. The number of nitriles is 1. The molecule has 23 heavy (non-hydrogen) atoms. The molecule has 0 radical (unpaired) electrons. The number of pyridine rings is 1. The topological polar surface area (TPSA) is 69.3 Å². The molecule has 0 saturated carbocycles. The number of aliphatic hydroxyl groups is 1. The lowest BCUT2D eigenvalue weighted by atomic mass is 9.97. The number of nitrogens with zero attached hydrogens (tertiary/aromatic N) is 3. The third-order valence-corrected chi connectivity index (χ3v) is 3.90. The maximum Gasteiger partial charge on any atom is 0.0991 e. The first kappa shape index (κ1) is 16.9. The van der Waals surface area contributed by atoms with E-state index in [-0.39, 0.29) is 14.0 Å². The zero-order valence-electron chi connectivity index (χ0n) is 12.3. The molecule has 1 aromatic heterocycles. The van der Waals surface area contributed by atoms with Crippen molar-refractivity contribution in [3.05, 3.63) is 58.9 Å². The summed E-state index contributed by atoms with van der Waals surface area (Å²) < 4.78 is 0. The summed E-state index contributed by atoms with van der Waals surface area (Å²) in [4.78, 5) is 9.05. The van der Waals surface area contributed by atoms with Gasteiger partial charge < -0.3 is 5.11 Å². The molecule has 1 aliphatic heterocycles. The normalized spacial score (nSPS) is 12.6. The van der Waals surface area contributed by atoms with Crippen molar-refractivity contribution in [1.82, 2.24) is 4.98 Å². The van der Waals surface area contributed by atoms with Crippen molar-refractivity contribution in [3.8, 4) is 6.07 Å². The van der Waals surface area contributed by atoms with Crippen molar-refractivity contribution >= 4 is 11.4 Å². The van der Waals surface area contributed by atoms with Crippen LogP contribution in [-0.2, 0) is 19.4 Å². The number of hydrogen-bond donors (Lipinski definition) is 1. The van der Waals surface area contributed by atoms with Gasteiger partial charge in [0.2, 0.25) is 0 Å². The van der Waals surface area contributed by atoms with Crippen LogP contribution in [0.3, 0.4) is 0 Å². The van der Waals surface area contributed by atoms with Gasteiger partial charge in [-0.05, 0) is 67.1 Å². The van der Waals surface area contributed by atoms with Crippen LogP contribution in [0.2, 0.25) is 0 Å². The van der Waals surface area contributed by atoms with Gasteiger partial charge in [0.25, 0.3) is 0 Å². The number of fused-ring (bicyclic) bond motifs is 1. The molecule has 1 N–H and O–H groups in total. The Bertz CT molecular complexity index is 759. The van der Waals surface area contributed by atoms with E-state index in [4.69, 9.17) is 15.4 Å². The van der Waals surface area contributed by atoms with Crippen molar-refractivity contribution < 1.29 is 5.11 Å².